The number of hydrogen-bond donors (Lipinski definition) is 3. The van der Waals surface area contributed by atoms with Crippen molar-refractivity contribution in [3.8, 4) is 46.0 Å². The Balaban J connectivity index is 0.000000176. The van der Waals surface area contributed by atoms with Crippen molar-refractivity contribution in [2.45, 2.75) is 88.4 Å². The maximum Gasteiger partial charge on any atom is 0.331 e. The molecule has 62 heavy (non-hydrogen) atoms. The average molecular weight is 879 g/mol. The van der Waals surface area contributed by atoms with Crippen LogP contribution in [0.2, 0.25) is 0 Å². The molecule has 6 aromatic rings. The molecule has 16 nitrogen and oxygen atoms in total. The van der Waals surface area contributed by atoms with Crippen molar-refractivity contribution in [3.05, 3.63) is 108 Å². The van der Waals surface area contributed by atoms with Crippen molar-refractivity contribution >= 4 is 33.7 Å². The number of methoxy groups -OCH3 is 2. The molecule has 2 amide bonds. The molecular weight excluding hydrogens is 829 g/mol. The number of nitriles is 1. The maximum absolute atomic E-state index is 12.8. The molecule has 4 aromatic heterocycles. The maximum atomic E-state index is 12.8. The molecule has 0 fully saturated rings. The van der Waals surface area contributed by atoms with Gasteiger partial charge in [0.25, 0.3) is 6.26 Å². The second-order valence-corrected chi connectivity index (χ2v) is 17.0. The van der Waals surface area contributed by atoms with Crippen LogP contribution < -0.4 is 29.4 Å². The highest BCUT2D eigenvalue weighted by Gasteiger charge is 2.23. The van der Waals surface area contributed by atoms with E-state index in [0.717, 1.165) is 77.6 Å². The standard InChI is InChI=1S/C22H25N5O3S.C16H14N2O2.C6H11N3OS/c1-14(2)27-12-10-20(25-27)31(29)26-22(28)24-21-17-6-4-5-15(17)7-8-18(21)16-9-11-23-19(13-16)30-3;1-19-15-9-12(7-8-18-15)14-6-5-11-3-2-4-13(11)16(14)20-10-17;1-5(2)9-4-3-6(8-9)11(7)10/h7-14H,4-6H2,1-3H3,(H2,24,26,28);5-9H,2-4H2,1H3;3-5H,7H2,1-2H3. The molecule has 2 unspecified atom stereocenters. The lowest BCUT2D eigenvalue weighted by Gasteiger charge is -2.16. The number of aromatic nitrogens is 6. The number of fused-ring (bicyclic) bond motifs is 2. The summed E-state index contributed by atoms with van der Waals surface area (Å²) in [6.07, 6.45) is 14.7. The van der Waals surface area contributed by atoms with Crippen LogP contribution in [0.25, 0.3) is 22.3 Å². The van der Waals surface area contributed by atoms with Gasteiger partial charge in [0.05, 0.1) is 19.9 Å². The highest BCUT2D eigenvalue weighted by atomic mass is 32.2. The first kappa shape index (κ1) is 45.1. The average Bonchev–Trinajstić information content (AvgIpc) is 4.12. The van der Waals surface area contributed by atoms with Gasteiger partial charge in [0, 0.05) is 60.1 Å². The van der Waals surface area contributed by atoms with Gasteiger partial charge in [0.15, 0.2) is 26.8 Å². The monoisotopic (exact) mass is 878 g/mol. The summed E-state index contributed by atoms with van der Waals surface area (Å²) < 4.78 is 44.9. The van der Waals surface area contributed by atoms with Crippen LogP contribution in [-0.4, -0.2) is 58.2 Å². The fraction of sp³-hybridized carbons (Fsp3) is 0.318. The predicted octanol–water partition coefficient (Wildman–Crippen LogP) is 7.42. The third-order valence-electron chi connectivity index (χ3n) is 10.2. The van der Waals surface area contributed by atoms with Crippen molar-refractivity contribution in [1.29, 1.82) is 5.26 Å². The van der Waals surface area contributed by atoms with Crippen LogP contribution in [0.15, 0.2) is 95.5 Å². The van der Waals surface area contributed by atoms with Crippen LogP contribution >= 0.6 is 0 Å². The first-order valence-electron chi connectivity index (χ1n) is 20.0. The molecule has 4 N–H and O–H groups in total. The van der Waals surface area contributed by atoms with Gasteiger partial charge < -0.3 is 19.5 Å². The van der Waals surface area contributed by atoms with Crippen LogP contribution in [0.1, 0.15) is 74.9 Å². The van der Waals surface area contributed by atoms with Gasteiger partial charge >= 0.3 is 6.03 Å². The Morgan fingerprint density at radius 2 is 1.29 bits per heavy atom. The zero-order chi connectivity index (χ0) is 44.3. The van der Waals surface area contributed by atoms with E-state index in [1.165, 1.54) is 11.1 Å². The number of carbonyl (C=O) groups excluding carboxylic acids is 1. The third-order valence-corrected chi connectivity index (χ3v) is 11.8. The number of anilines is 1. The van der Waals surface area contributed by atoms with E-state index >= 15 is 0 Å². The molecule has 0 bridgehead atoms. The Hall–Kier alpha value is -6.42. The molecule has 2 aromatic carbocycles. The molecule has 0 radical (unpaired) electrons. The number of aryl methyl sites for hydroxylation is 2. The molecular formula is C44H50N10O6S2. The lowest BCUT2D eigenvalue weighted by atomic mass is 9.98. The molecule has 8 rings (SSSR count). The number of nitrogens with two attached hydrogens (primary N) is 1. The smallest absolute Gasteiger partial charge is 0.331 e. The van der Waals surface area contributed by atoms with Crippen molar-refractivity contribution in [2.24, 2.45) is 5.14 Å². The second-order valence-electron chi connectivity index (χ2n) is 14.9. The van der Waals surface area contributed by atoms with Crippen molar-refractivity contribution in [2.75, 3.05) is 19.5 Å². The molecule has 324 valence electrons. The normalized spacial score (nSPS) is 13.4. The lowest BCUT2D eigenvalue weighted by Crippen LogP contribution is -2.31. The van der Waals surface area contributed by atoms with E-state index in [4.69, 9.17) is 24.6 Å². The number of nitrogens with one attached hydrogen (secondary N) is 2. The Morgan fingerprint density at radius 1 is 0.758 bits per heavy atom. The number of rotatable bonds is 11. The fourth-order valence-corrected chi connectivity index (χ4v) is 8.19. The molecule has 4 heterocycles. The summed E-state index contributed by atoms with van der Waals surface area (Å²) in [5, 5.41) is 26.0. The van der Waals surface area contributed by atoms with Gasteiger partial charge in [-0.3, -0.25) is 14.1 Å². The van der Waals surface area contributed by atoms with Gasteiger partial charge in [-0.15, -0.1) is 5.26 Å². The molecule has 0 saturated heterocycles. The number of amides is 2. The summed E-state index contributed by atoms with van der Waals surface area (Å²) in [4.78, 5) is 21.0. The highest BCUT2D eigenvalue weighted by Crippen LogP contribution is 2.40. The SMILES string of the molecule is CC(C)n1ccc(S(N)=O)n1.COc1cc(-c2ccc3c(c2NC(=O)NS(=O)c2ccn(C(C)C)n2)CCC3)ccn1.COc1cc(-c2ccc3c(c2OC#N)CCC3)ccn1. The Kier molecular flexibility index (Phi) is 15.2. The quantitative estimate of drug-likeness (QED) is 0.109. The Bertz CT molecular complexity index is 2620. The Labute approximate surface area is 366 Å². The fourth-order valence-electron chi connectivity index (χ4n) is 7.15. The molecule has 0 spiro atoms. The van der Waals surface area contributed by atoms with Crippen LogP contribution in [-0.2, 0) is 47.7 Å². The molecule has 2 aliphatic carbocycles. The zero-order valence-corrected chi connectivity index (χ0v) is 37.1. The van der Waals surface area contributed by atoms with Gasteiger partial charge in [-0.25, -0.2) is 28.3 Å². The summed E-state index contributed by atoms with van der Waals surface area (Å²) in [7, 11) is -0.0663. The van der Waals surface area contributed by atoms with E-state index in [1.807, 2.05) is 64.1 Å². The van der Waals surface area contributed by atoms with Gasteiger partial charge in [0.1, 0.15) is 11.0 Å². The van der Waals surface area contributed by atoms with Gasteiger partial charge in [-0.2, -0.15) is 10.2 Å². The largest absolute Gasteiger partial charge is 0.481 e. The van der Waals surface area contributed by atoms with E-state index in [0.29, 0.717) is 27.6 Å². The summed E-state index contributed by atoms with van der Waals surface area (Å²) in [6.45, 7) is 7.95. The topological polar surface area (TPSA) is 214 Å². The Morgan fingerprint density at radius 3 is 1.82 bits per heavy atom. The molecule has 0 saturated carbocycles. The first-order chi connectivity index (χ1) is 29.9. The first-order valence-corrected chi connectivity index (χ1v) is 22.4. The number of carbonyl (C=O) groups is 1. The molecule has 18 heteroatoms. The molecule has 2 atom stereocenters. The highest BCUT2D eigenvalue weighted by molar-refractivity contribution is 7.83. The van der Waals surface area contributed by atoms with E-state index in [2.05, 4.69) is 42.3 Å². The second kappa shape index (κ2) is 20.9. The summed E-state index contributed by atoms with van der Waals surface area (Å²) >= 11 is 0. The number of benzene rings is 2. The van der Waals surface area contributed by atoms with Crippen LogP contribution in [0.4, 0.5) is 10.5 Å². The van der Waals surface area contributed by atoms with Gasteiger partial charge in [-0.05, 0) is 124 Å². The van der Waals surface area contributed by atoms with E-state index in [-0.39, 0.29) is 12.1 Å². The number of ether oxygens (including phenoxy) is 3. The minimum atomic E-state index is -1.76. The van der Waals surface area contributed by atoms with Crippen molar-refractivity contribution in [3.63, 3.8) is 0 Å². The minimum Gasteiger partial charge on any atom is -0.481 e. The van der Waals surface area contributed by atoms with Crippen LogP contribution in [0, 0.1) is 11.5 Å². The summed E-state index contributed by atoms with van der Waals surface area (Å²) in [6, 6.07) is 18.9. The molecule has 0 aliphatic heterocycles. The van der Waals surface area contributed by atoms with Crippen LogP contribution in [0.3, 0.4) is 0 Å². The zero-order valence-electron chi connectivity index (χ0n) is 35.5. The predicted molar refractivity (Wildman–Crippen MR) is 237 cm³/mol. The van der Waals surface area contributed by atoms with E-state index < -0.39 is 28.0 Å². The number of nitrogens with zero attached hydrogens (tertiary/aromatic N) is 7. The molecule has 2 aliphatic rings. The summed E-state index contributed by atoms with van der Waals surface area (Å²) in [5.74, 6) is 1.72. The number of hydrogen-bond acceptors (Lipinski definition) is 11. The van der Waals surface area contributed by atoms with Gasteiger partial charge in [0.2, 0.25) is 11.8 Å². The van der Waals surface area contributed by atoms with Gasteiger partial charge in [-0.1, -0.05) is 24.3 Å². The minimum absolute atomic E-state index is 0.145. The van der Waals surface area contributed by atoms with Crippen molar-refractivity contribution < 1.29 is 27.4 Å². The van der Waals surface area contributed by atoms with Crippen molar-refractivity contribution in [1.82, 2.24) is 34.3 Å². The lowest BCUT2D eigenvalue weighted by molar-refractivity contribution is 0.257. The van der Waals surface area contributed by atoms with E-state index in [1.54, 1.807) is 66.8 Å². The number of pyridine rings is 2. The number of urea groups is 1. The van der Waals surface area contributed by atoms with E-state index in [9.17, 15) is 13.2 Å². The third kappa shape index (κ3) is 10.9. The van der Waals surface area contributed by atoms with Crippen LogP contribution in [0.5, 0.6) is 17.5 Å². The summed E-state index contributed by atoms with van der Waals surface area (Å²) in [5.41, 5.74) is 9.09.